The molecule has 19 heavy (non-hydrogen) atoms. The number of rotatable bonds is 4. The summed E-state index contributed by atoms with van der Waals surface area (Å²) in [4.78, 5) is 21.1. The van der Waals surface area contributed by atoms with Crippen molar-refractivity contribution in [3.05, 3.63) is 64.2 Å². The number of nitrogens with zero attached hydrogens (tertiary/aromatic N) is 1. The summed E-state index contributed by atoms with van der Waals surface area (Å²) >= 11 is 0. The molecule has 2 aromatic carbocycles. The van der Waals surface area contributed by atoms with Gasteiger partial charge < -0.3 is 9.84 Å². The molecule has 6 heteroatoms. The van der Waals surface area contributed by atoms with Gasteiger partial charge in [-0.05, 0) is 18.2 Å². The number of hydrogen-bond acceptors (Lipinski definition) is 4. The molecule has 0 aliphatic carbocycles. The monoisotopic (exact) mass is 259 g/mol. The number of para-hydroxylation sites is 1. The van der Waals surface area contributed by atoms with Crippen LogP contribution in [0.4, 0.5) is 5.69 Å². The van der Waals surface area contributed by atoms with E-state index in [1.54, 1.807) is 30.3 Å². The molecule has 0 bridgehead atoms. The first kappa shape index (κ1) is 12.6. The maximum Gasteiger partial charge on any atom is 0.335 e. The van der Waals surface area contributed by atoms with E-state index in [2.05, 4.69) is 0 Å². The molecule has 0 aromatic heterocycles. The van der Waals surface area contributed by atoms with E-state index in [-0.39, 0.29) is 17.0 Å². The van der Waals surface area contributed by atoms with Crippen LogP contribution in [0.25, 0.3) is 0 Å². The van der Waals surface area contributed by atoms with E-state index < -0.39 is 10.9 Å². The second-order valence-electron chi connectivity index (χ2n) is 3.66. The molecular formula is C13H9NO5. The Kier molecular flexibility index (Phi) is 3.42. The van der Waals surface area contributed by atoms with Crippen LogP contribution in [0.5, 0.6) is 11.5 Å². The van der Waals surface area contributed by atoms with E-state index in [1.165, 1.54) is 6.07 Å². The molecule has 1 N–H and O–H groups in total. The Hall–Kier alpha value is -2.89. The number of aromatic carboxylic acids is 1. The van der Waals surface area contributed by atoms with Crippen LogP contribution in [0.3, 0.4) is 0 Å². The second kappa shape index (κ2) is 5.18. The average Bonchev–Trinajstić information content (AvgIpc) is 2.39. The standard InChI is InChI=1S/C13H9NO5/c15-13(16)9-6-7-11(14(17)18)12(8-9)19-10-4-2-1-3-5-10/h1-8H,(H,15,16). The Morgan fingerprint density at radius 2 is 1.84 bits per heavy atom. The molecule has 0 fully saturated rings. The Balaban J connectivity index is 2.43. The summed E-state index contributed by atoms with van der Waals surface area (Å²) in [6.45, 7) is 0. The summed E-state index contributed by atoms with van der Waals surface area (Å²) in [5.41, 5.74) is -0.356. The van der Waals surface area contributed by atoms with Crippen molar-refractivity contribution in [2.24, 2.45) is 0 Å². The fourth-order valence-corrected chi connectivity index (χ4v) is 1.50. The van der Waals surface area contributed by atoms with Crippen LogP contribution in [0.1, 0.15) is 10.4 Å². The smallest absolute Gasteiger partial charge is 0.335 e. The van der Waals surface area contributed by atoms with Crippen LogP contribution in [-0.4, -0.2) is 16.0 Å². The van der Waals surface area contributed by atoms with Crippen molar-refractivity contribution in [3.63, 3.8) is 0 Å². The van der Waals surface area contributed by atoms with Gasteiger partial charge in [-0.3, -0.25) is 10.1 Å². The zero-order valence-electron chi connectivity index (χ0n) is 9.65. The Morgan fingerprint density at radius 1 is 1.16 bits per heavy atom. The molecule has 2 aromatic rings. The van der Waals surface area contributed by atoms with E-state index in [0.717, 1.165) is 12.1 Å². The fourth-order valence-electron chi connectivity index (χ4n) is 1.50. The summed E-state index contributed by atoms with van der Waals surface area (Å²) in [5, 5.41) is 19.8. The molecule has 0 heterocycles. The highest BCUT2D eigenvalue weighted by molar-refractivity contribution is 5.88. The van der Waals surface area contributed by atoms with Gasteiger partial charge in [0, 0.05) is 12.1 Å². The third kappa shape index (κ3) is 2.86. The second-order valence-corrected chi connectivity index (χ2v) is 3.66. The SMILES string of the molecule is O=C(O)c1ccc([N+](=O)[O-])c(Oc2ccccc2)c1. The summed E-state index contributed by atoms with van der Waals surface area (Å²) in [5.74, 6) is -0.878. The van der Waals surface area contributed by atoms with Gasteiger partial charge in [0.2, 0.25) is 5.75 Å². The number of ether oxygens (including phenoxy) is 1. The third-order valence-electron chi connectivity index (χ3n) is 2.37. The first-order valence-electron chi connectivity index (χ1n) is 5.32. The predicted molar refractivity (Wildman–Crippen MR) is 66.6 cm³/mol. The lowest BCUT2D eigenvalue weighted by atomic mass is 10.2. The van der Waals surface area contributed by atoms with Crippen molar-refractivity contribution in [2.45, 2.75) is 0 Å². The van der Waals surface area contributed by atoms with Gasteiger partial charge in [0.05, 0.1) is 10.5 Å². The average molecular weight is 259 g/mol. The lowest BCUT2D eigenvalue weighted by molar-refractivity contribution is -0.385. The van der Waals surface area contributed by atoms with E-state index in [1.807, 2.05) is 0 Å². The molecule has 96 valence electrons. The van der Waals surface area contributed by atoms with E-state index in [9.17, 15) is 14.9 Å². The van der Waals surface area contributed by atoms with Gasteiger partial charge in [-0.15, -0.1) is 0 Å². The van der Waals surface area contributed by atoms with Crippen LogP contribution < -0.4 is 4.74 Å². The number of carbonyl (C=O) groups is 1. The van der Waals surface area contributed by atoms with Crippen LogP contribution in [-0.2, 0) is 0 Å². The molecule has 6 nitrogen and oxygen atoms in total. The minimum absolute atomic E-state index is 0.0727. The molecule has 0 unspecified atom stereocenters. The lowest BCUT2D eigenvalue weighted by Crippen LogP contribution is -1.99. The van der Waals surface area contributed by atoms with E-state index in [0.29, 0.717) is 5.75 Å². The summed E-state index contributed by atoms with van der Waals surface area (Å²) in [6.07, 6.45) is 0. The molecule has 0 atom stereocenters. The zero-order chi connectivity index (χ0) is 13.8. The van der Waals surface area contributed by atoms with Crippen molar-refractivity contribution in [1.82, 2.24) is 0 Å². The number of benzene rings is 2. The Bertz CT molecular complexity index is 624. The highest BCUT2D eigenvalue weighted by Crippen LogP contribution is 2.32. The van der Waals surface area contributed by atoms with Crippen LogP contribution in [0.2, 0.25) is 0 Å². The normalized spacial score (nSPS) is 9.89. The minimum atomic E-state index is -1.17. The van der Waals surface area contributed by atoms with Gasteiger partial charge in [0.25, 0.3) is 0 Å². The zero-order valence-corrected chi connectivity index (χ0v) is 9.65. The van der Waals surface area contributed by atoms with Gasteiger partial charge in [-0.2, -0.15) is 0 Å². The van der Waals surface area contributed by atoms with Crippen molar-refractivity contribution < 1.29 is 19.6 Å². The first-order chi connectivity index (χ1) is 9.08. The number of nitro benzene ring substituents is 1. The number of nitro groups is 1. The van der Waals surface area contributed by atoms with Gasteiger partial charge in [0.1, 0.15) is 5.75 Å². The number of carboxylic acid groups (broad SMARTS) is 1. The molecule has 0 saturated carbocycles. The molecular weight excluding hydrogens is 250 g/mol. The summed E-state index contributed by atoms with van der Waals surface area (Å²) in [6, 6.07) is 11.8. The summed E-state index contributed by atoms with van der Waals surface area (Å²) < 4.78 is 5.36. The molecule has 0 aliphatic heterocycles. The summed E-state index contributed by atoms with van der Waals surface area (Å²) in [7, 11) is 0. The van der Waals surface area contributed by atoms with Gasteiger partial charge in [0.15, 0.2) is 0 Å². The Labute approximate surface area is 108 Å². The maximum absolute atomic E-state index is 10.9. The Morgan fingerprint density at radius 3 is 2.42 bits per heavy atom. The number of carboxylic acids is 1. The van der Waals surface area contributed by atoms with Crippen LogP contribution >= 0.6 is 0 Å². The first-order valence-corrected chi connectivity index (χ1v) is 5.32. The van der Waals surface area contributed by atoms with Crippen molar-refractivity contribution >= 4 is 11.7 Å². The molecule has 0 spiro atoms. The highest BCUT2D eigenvalue weighted by atomic mass is 16.6. The van der Waals surface area contributed by atoms with Crippen molar-refractivity contribution in [3.8, 4) is 11.5 Å². The largest absolute Gasteiger partial charge is 0.478 e. The fraction of sp³-hybridized carbons (Fsp3) is 0. The van der Waals surface area contributed by atoms with Gasteiger partial charge in [-0.1, -0.05) is 18.2 Å². The van der Waals surface area contributed by atoms with Gasteiger partial charge >= 0.3 is 11.7 Å². The minimum Gasteiger partial charge on any atom is -0.478 e. The molecule has 0 saturated heterocycles. The molecule has 0 aliphatic rings. The quantitative estimate of drug-likeness (QED) is 0.673. The lowest BCUT2D eigenvalue weighted by Gasteiger charge is -2.06. The highest BCUT2D eigenvalue weighted by Gasteiger charge is 2.18. The topological polar surface area (TPSA) is 89.7 Å². The van der Waals surface area contributed by atoms with Crippen molar-refractivity contribution in [1.29, 1.82) is 0 Å². The van der Waals surface area contributed by atoms with E-state index in [4.69, 9.17) is 9.84 Å². The third-order valence-corrected chi connectivity index (χ3v) is 2.37. The van der Waals surface area contributed by atoms with Gasteiger partial charge in [-0.25, -0.2) is 4.79 Å². The molecule has 0 radical (unpaired) electrons. The van der Waals surface area contributed by atoms with Crippen LogP contribution in [0, 0.1) is 10.1 Å². The number of hydrogen-bond donors (Lipinski definition) is 1. The van der Waals surface area contributed by atoms with Crippen LogP contribution in [0.15, 0.2) is 48.5 Å². The maximum atomic E-state index is 10.9. The molecule has 2 rings (SSSR count). The van der Waals surface area contributed by atoms with E-state index >= 15 is 0 Å². The van der Waals surface area contributed by atoms with Crippen molar-refractivity contribution in [2.75, 3.05) is 0 Å². The molecule has 0 amide bonds. The predicted octanol–water partition coefficient (Wildman–Crippen LogP) is 3.09.